The number of ether oxygens (including phenoxy) is 1. The molecular formula is C17H19FN2O2S. The van der Waals surface area contributed by atoms with Crippen LogP contribution >= 0.6 is 11.8 Å². The number of hydrogen-bond donors (Lipinski definition) is 0. The van der Waals surface area contributed by atoms with Gasteiger partial charge in [0, 0.05) is 13.8 Å². The van der Waals surface area contributed by atoms with E-state index < -0.39 is 37.1 Å². The average Bonchev–Trinajstić information content (AvgIpc) is 2.59. The zero-order valence-electron chi connectivity index (χ0n) is 18.6. The molecule has 2 rings (SSSR count). The van der Waals surface area contributed by atoms with Crippen LogP contribution in [0.3, 0.4) is 0 Å². The zero-order valence-corrected chi connectivity index (χ0v) is 13.4. The van der Waals surface area contributed by atoms with Crippen molar-refractivity contribution >= 4 is 17.7 Å². The summed E-state index contributed by atoms with van der Waals surface area (Å²) in [7, 11) is 0. The Morgan fingerprint density at radius 3 is 2.61 bits per heavy atom. The van der Waals surface area contributed by atoms with Crippen LogP contribution in [0.5, 0.6) is 0 Å². The Balaban J connectivity index is 2.92. The van der Waals surface area contributed by atoms with E-state index in [9.17, 15) is 9.18 Å². The first-order chi connectivity index (χ1) is 13.4. The van der Waals surface area contributed by atoms with Crippen LogP contribution in [0.1, 0.15) is 50.8 Å². The molecule has 122 valence electrons. The molecule has 0 aliphatic rings. The Kier molecular flexibility index (Phi) is 3.53. The van der Waals surface area contributed by atoms with Crippen molar-refractivity contribution in [2.45, 2.75) is 31.7 Å². The standard InChI is InChI=1S/C17H19FN2O2S/c1-5-22-16(21)13-14(10(2)3)19-17(23-4)20-15(13)11-6-8-12(18)9-7-11/h6-10H,5H2,1-4H3/i2D3,3D3. The van der Waals surface area contributed by atoms with Crippen LogP contribution in [0.4, 0.5) is 4.39 Å². The van der Waals surface area contributed by atoms with Gasteiger partial charge in [0.25, 0.3) is 0 Å². The van der Waals surface area contributed by atoms with Crippen LogP contribution in [-0.4, -0.2) is 28.8 Å². The fourth-order valence-electron chi connectivity index (χ4n) is 1.98. The van der Waals surface area contributed by atoms with Gasteiger partial charge in [-0.1, -0.05) is 25.5 Å². The molecule has 0 unspecified atom stereocenters. The van der Waals surface area contributed by atoms with Gasteiger partial charge < -0.3 is 4.74 Å². The molecule has 0 saturated carbocycles. The van der Waals surface area contributed by atoms with Crippen LogP contribution < -0.4 is 0 Å². The second-order valence-electron chi connectivity index (χ2n) is 4.48. The van der Waals surface area contributed by atoms with E-state index in [1.807, 2.05) is 0 Å². The van der Waals surface area contributed by atoms with E-state index in [0.717, 1.165) is 23.9 Å². The summed E-state index contributed by atoms with van der Waals surface area (Å²) in [6.07, 6.45) is 1.62. The molecule has 1 aromatic heterocycles. The molecule has 0 amide bonds. The maximum atomic E-state index is 13.4. The van der Waals surface area contributed by atoms with Crippen LogP contribution in [0.25, 0.3) is 11.3 Å². The molecular weight excluding hydrogens is 315 g/mol. The van der Waals surface area contributed by atoms with Crippen molar-refractivity contribution in [2.75, 3.05) is 12.9 Å². The maximum absolute atomic E-state index is 13.4. The van der Waals surface area contributed by atoms with E-state index in [1.54, 1.807) is 13.2 Å². The molecule has 0 bridgehead atoms. The number of rotatable bonds is 5. The number of benzene rings is 1. The minimum atomic E-state index is -2.98. The molecule has 0 atom stereocenters. The molecule has 0 N–H and O–H groups in total. The fraction of sp³-hybridized carbons (Fsp3) is 0.353. The van der Waals surface area contributed by atoms with Gasteiger partial charge in [0.05, 0.1) is 18.0 Å². The summed E-state index contributed by atoms with van der Waals surface area (Å²) in [4.78, 5) is 21.1. The minimum Gasteiger partial charge on any atom is -0.462 e. The number of carbonyl (C=O) groups excluding carboxylic acids is 1. The molecule has 4 nitrogen and oxygen atoms in total. The monoisotopic (exact) mass is 340 g/mol. The number of nitrogens with zero attached hydrogens (tertiary/aromatic N) is 2. The summed E-state index contributed by atoms with van der Waals surface area (Å²) in [5, 5.41) is 0.0749. The topological polar surface area (TPSA) is 52.1 Å². The lowest BCUT2D eigenvalue weighted by Gasteiger charge is -2.16. The number of hydrogen-bond acceptors (Lipinski definition) is 5. The average molecular weight is 340 g/mol. The first-order valence-corrected chi connectivity index (χ1v) is 8.01. The van der Waals surface area contributed by atoms with Crippen molar-refractivity contribution in [3.05, 3.63) is 41.3 Å². The molecule has 0 radical (unpaired) electrons. The Bertz CT molecular complexity index is 873. The lowest BCUT2D eigenvalue weighted by molar-refractivity contribution is 0.0524. The van der Waals surface area contributed by atoms with E-state index in [2.05, 4.69) is 9.97 Å². The smallest absolute Gasteiger partial charge is 0.342 e. The van der Waals surface area contributed by atoms with E-state index in [4.69, 9.17) is 13.0 Å². The van der Waals surface area contributed by atoms with Crippen molar-refractivity contribution in [3.8, 4) is 11.3 Å². The molecule has 1 heterocycles. The number of thioether (sulfide) groups is 1. The quantitative estimate of drug-likeness (QED) is 0.461. The molecule has 23 heavy (non-hydrogen) atoms. The Morgan fingerprint density at radius 1 is 1.35 bits per heavy atom. The van der Waals surface area contributed by atoms with Crippen LogP contribution in [0.2, 0.25) is 0 Å². The highest BCUT2D eigenvalue weighted by Crippen LogP contribution is 2.30. The highest BCUT2D eigenvalue weighted by Gasteiger charge is 2.24. The third kappa shape index (κ3) is 3.88. The lowest BCUT2D eigenvalue weighted by atomic mass is 9.98. The summed E-state index contributed by atoms with van der Waals surface area (Å²) in [5.41, 5.74) is -0.518. The van der Waals surface area contributed by atoms with Crippen molar-refractivity contribution < 1.29 is 22.1 Å². The van der Waals surface area contributed by atoms with Gasteiger partial charge >= 0.3 is 5.97 Å². The van der Waals surface area contributed by atoms with Gasteiger partial charge in [-0.25, -0.2) is 19.2 Å². The van der Waals surface area contributed by atoms with Crippen molar-refractivity contribution in [1.82, 2.24) is 9.97 Å². The van der Waals surface area contributed by atoms with Gasteiger partial charge in [0.15, 0.2) is 5.16 Å². The van der Waals surface area contributed by atoms with E-state index in [1.165, 1.54) is 12.1 Å². The molecule has 2 aromatic rings. The third-order valence-electron chi connectivity index (χ3n) is 2.97. The Labute approximate surface area is 147 Å². The molecule has 6 heteroatoms. The van der Waals surface area contributed by atoms with E-state index in [-0.39, 0.29) is 23.0 Å². The van der Waals surface area contributed by atoms with Crippen LogP contribution in [0.15, 0.2) is 29.4 Å². The highest BCUT2D eigenvalue weighted by molar-refractivity contribution is 7.98. The Morgan fingerprint density at radius 2 is 2.04 bits per heavy atom. The summed E-state index contributed by atoms with van der Waals surface area (Å²) in [6.45, 7) is -4.43. The summed E-state index contributed by atoms with van der Waals surface area (Å²) in [6, 6.07) is 5.01. The summed E-state index contributed by atoms with van der Waals surface area (Å²) < 4.78 is 64.9. The van der Waals surface area contributed by atoms with Gasteiger partial charge in [0.2, 0.25) is 0 Å². The van der Waals surface area contributed by atoms with Gasteiger partial charge in [-0.15, -0.1) is 0 Å². The van der Waals surface area contributed by atoms with E-state index in [0.29, 0.717) is 5.56 Å². The normalized spacial score (nSPS) is 15.8. The highest BCUT2D eigenvalue weighted by atomic mass is 32.2. The Hall–Kier alpha value is -1.95. The number of carbonyl (C=O) groups is 1. The second kappa shape index (κ2) is 7.55. The number of halogens is 1. The largest absolute Gasteiger partial charge is 0.462 e. The fourth-order valence-corrected chi connectivity index (χ4v) is 2.35. The van der Waals surface area contributed by atoms with Gasteiger partial charge in [-0.3, -0.25) is 0 Å². The second-order valence-corrected chi connectivity index (χ2v) is 5.25. The van der Waals surface area contributed by atoms with Crippen LogP contribution in [0, 0.1) is 5.82 Å². The van der Waals surface area contributed by atoms with Gasteiger partial charge in [-0.05, 0) is 43.4 Å². The first kappa shape index (κ1) is 10.8. The van der Waals surface area contributed by atoms with Crippen LogP contribution in [-0.2, 0) is 4.74 Å². The molecule has 0 aliphatic heterocycles. The number of esters is 1. The van der Waals surface area contributed by atoms with E-state index >= 15 is 0 Å². The van der Waals surface area contributed by atoms with Gasteiger partial charge in [0.1, 0.15) is 11.4 Å². The molecule has 1 aromatic carbocycles. The minimum absolute atomic E-state index is 0.0173. The van der Waals surface area contributed by atoms with Crippen molar-refractivity contribution in [3.63, 3.8) is 0 Å². The molecule has 0 aliphatic carbocycles. The van der Waals surface area contributed by atoms with Crippen molar-refractivity contribution in [1.29, 1.82) is 0 Å². The summed E-state index contributed by atoms with van der Waals surface area (Å²) >= 11 is 1.05. The molecule has 0 saturated heterocycles. The van der Waals surface area contributed by atoms with Crippen molar-refractivity contribution in [2.24, 2.45) is 0 Å². The number of aromatic nitrogens is 2. The predicted molar refractivity (Wildman–Crippen MR) is 89.3 cm³/mol. The SMILES string of the molecule is [2H]C([2H])([2H])C(c1nc(SC)nc(-c2ccc(F)cc2)c1C(=O)OCC)C([2H])([2H])[2H]. The third-order valence-corrected chi connectivity index (χ3v) is 3.52. The lowest BCUT2D eigenvalue weighted by Crippen LogP contribution is -2.15. The maximum Gasteiger partial charge on any atom is 0.342 e. The molecule has 0 fully saturated rings. The summed E-state index contributed by atoms with van der Waals surface area (Å²) in [5.74, 6) is -3.51. The predicted octanol–water partition coefficient (Wildman–Crippen LogP) is 4.30. The molecule has 0 spiro atoms. The van der Waals surface area contributed by atoms with Gasteiger partial charge in [-0.2, -0.15) is 0 Å². The zero-order chi connectivity index (χ0) is 22.0. The first-order valence-electron chi connectivity index (χ1n) is 9.79.